The molecule has 1 unspecified atom stereocenters. The van der Waals surface area contributed by atoms with E-state index in [9.17, 15) is 14.0 Å². The van der Waals surface area contributed by atoms with Gasteiger partial charge in [-0.15, -0.1) is 11.3 Å². The summed E-state index contributed by atoms with van der Waals surface area (Å²) in [6.45, 7) is 1.76. The minimum Gasteiger partial charge on any atom is -0.322 e. The topological polar surface area (TPSA) is 63.5 Å². The Balaban J connectivity index is 1.68. The van der Waals surface area contributed by atoms with Crippen molar-refractivity contribution in [3.05, 3.63) is 119 Å². The van der Waals surface area contributed by atoms with Gasteiger partial charge in [0.15, 0.2) is 4.80 Å². The van der Waals surface area contributed by atoms with E-state index in [-0.39, 0.29) is 17.3 Å². The molecule has 33 heavy (non-hydrogen) atoms. The van der Waals surface area contributed by atoms with Crippen LogP contribution in [0, 0.1) is 5.82 Å². The number of nitrogens with zero attached hydrogens (tertiary/aromatic N) is 2. The van der Waals surface area contributed by atoms with E-state index in [1.165, 1.54) is 39.4 Å². The Labute approximate surface area is 196 Å². The van der Waals surface area contributed by atoms with E-state index in [4.69, 9.17) is 0 Å². The lowest BCUT2D eigenvalue weighted by Gasteiger charge is -2.25. The van der Waals surface area contributed by atoms with Crippen LogP contribution in [0.2, 0.25) is 0 Å². The van der Waals surface area contributed by atoms with Gasteiger partial charge in [-0.05, 0) is 54.3 Å². The van der Waals surface area contributed by atoms with Crippen LogP contribution in [0.15, 0.2) is 93.2 Å². The van der Waals surface area contributed by atoms with Crippen LogP contribution in [0.1, 0.15) is 23.4 Å². The zero-order chi connectivity index (χ0) is 22.9. The average Bonchev–Trinajstić information content (AvgIpc) is 3.42. The van der Waals surface area contributed by atoms with Crippen molar-refractivity contribution < 1.29 is 9.18 Å². The Morgan fingerprint density at radius 1 is 1.09 bits per heavy atom. The molecular weight excluding hydrogens is 457 g/mol. The molecular formula is C25H18FN3O2S2. The maximum atomic E-state index is 13.7. The lowest BCUT2D eigenvalue weighted by atomic mass is 9.95. The summed E-state index contributed by atoms with van der Waals surface area (Å²) in [5.74, 6) is -0.746. The van der Waals surface area contributed by atoms with Gasteiger partial charge in [0.25, 0.3) is 11.5 Å². The number of aromatic nitrogens is 1. The summed E-state index contributed by atoms with van der Waals surface area (Å²) in [6.07, 6.45) is 1.83. The molecule has 1 N–H and O–H groups in total. The largest absolute Gasteiger partial charge is 0.322 e. The number of thiophene rings is 1. The Morgan fingerprint density at radius 2 is 1.85 bits per heavy atom. The number of allylic oxidation sites excluding steroid dienone is 1. The van der Waals surface area contributed by atoms with Crippen LogP contribution in [-0.4, -0.2) is 10.5 Å². The maximum Gasteiger partial charge on any atom is 0.271 e. The van der Waals surface area contributed by atoms with E-state index in [0.29, 0.717) is 31.9 Å². The van der Waals surface area contributed by atoms with E-state index in [1.807, 2.05) is 41.8 Å². The minimum atomic E-state index is -0.726. The van der Waals surface area contributed by atoms with Crippen LogP contribution < -0.4 is 20.2 Å². The third-order valence-electron chi connectivity index (χ3n) is 5.30. The number of anilines is 1. The summed E-state index contributed by atoms with van der Waals surface area (Å²) >= 11 is 2.81. The van der Waals surface area contributed by atoms with Gasteiger partial charge in [-0.1, -0.05) is 47.7 Å². The normalized spacial score (nSPS) is 15.8. The summed E-state index contributed by atoms with van der Waals surface area (Å²) < 4.78 is 15.7. The first-order valence-corrected chi connectivity index (χ1v) is 11.9. The monoisotopic (exact) mass is 475 g/mol. The van der Waals surface area contributed by atoms with Gasteiger partial charge in [-0.2, -0.15) is 0 Å². The molecule has 0 radical (unpaired) electrons. The summed E-state index contributed by atoms with van der Waals surface area (Å²) in [4.78, 5) is 32.9. The second-order valence-corrected chi connectivity index (χ2v) is 9.46. The smallest absolute Gasteiger partial charge is 0.271 e. The van der Waals surface area contributed by atoms with Crippen molar-refractivity contribution >= 4 is 40.3 Å². The highest BCUT2D eigenvalue weighted by Gasteiger charge is 2.32. The molecule has 0 aliphatic carbocycles. The minimum absolute atomic E-state index is 0.237. The number of hydrogen-bond donors (Lipinski definition) is 1. The van der Waals surface area contributed by atoms with Crippen LogP contribution in [-0.2, 0) is 4.79 Å². The highest BCUT2D eigenvalue weighted by molar-refractivity contribution is 7.11. The number of rotatable bonds is 4. The number of carbonyl (C=O) groups is 1. The Kier molecular flexibility index (Phi) is 5.62. The number of thiazole rings is 1. The van der Waals surface area contributed by atoms with Gasteiger partial charge in [0.1, 0.15) is 5.82 Å². The molecule has 0 saturated carbocycles. The first-order chi connectivity index (χ1) is 16.0. The zero-order valence-electron chi connectivity index (χ0n) is 17.5. The molecule has 2 aromatic carbocycles. The number of para-hydroxylation sites is 1. The fraction of sp³-hybridized carbons (Fsp3) is 0.0800. The molecule has 0 fully saturated rings. The van der Waals surface area contributed by atoms with Crippen molar-refractivity contribution in [2.75, 3.05) is 5.32 Å². The van der Waals surface area contributed by atoms with E-state index < -0.39 is 6.04 Å². The lowest BCUT2D eigenvalue weighted by molar-refractivity contribution is -0.113. The SMILES string of the molecule is CC1=C(C(=O)Nc2ccccc2)C(c2ccc(F)cc2)n2c(s/c(=C\c3cccs3)c2=O)=N1. The average molecular weight is 476 g/mol. The van der Waals surface area contributed by atoms with Gasteiger partial charge in [-0.25, -0.2) is 9.38 Å². The van der Waals surface area contributed by atoms with Crippen LogP contribution in [0.3, 0.4) is 0 Å². The second kappa shape index (κ2) is 8.73. The van der Waals surface area contributed by atoms with Gasteiger partial charge in [-0.3, -0.25) is 14.2 Å². The molecule has 164 valence electrons. The van der Waals surface area contributed by atoms with Gasteiger partial charge in [0, 0.05) is 10.6 Å². The van der Waals surface area contributed by atoms with Crippen LogP contribution in [0.25, 0.3) is 6.08 Å². The maximum absolute atomic E-state index is 13.7. The Morgan fingerprint density at radius 3 is 2.55 bits per heavy atom. The summed E-state index contributed by atoms with van der Waals surface area (Å²) in [5.41, 5.74) is 1.89. The number of fused-ring (bicyclic) bond motifs is 1. The fourth-order valence-electron chi connectivity index (χ4n) is 3.79. The number of halogens is 1. The molecule has 1 amide bonds. The quantitative estimate of drug-likeness (QED) is 0.484. The number of benzene rings is 2. The van der Waals surface area contributed by atoms with E-state index in [1.54, 1.807) is 31.2 Å². The number of hydrogen-bond acceptors (Lipinski definition) is 5. The van der Waals surface area contributed by atoms with Crippen molar-refractivity contribution in [1.29, 1.82) is 0 Å². The Bertz CT molecular complexity index is 1530. The predicted molar refractivity (Wildman–Crippen MR) is 130 cm³/mol. The van der Waals surface area contributed by atoms with Gasteiger partial charge in [0.2, 0.25) is 0 Å². The van der Waals surface area contributed by atoms with Gasteiger partial charge >= 0.3 is 0 Å². The third kappa shape index (κ3) is 4.10. The summed E-state index contributed by atoms with van der Waals surface area (Å²) in [7, 11) is 0. The third-order valence-corrected chi connectivity index (χ3v) is 7.10. The van der Waals surface area contributed by atoms with Crippen LogP contribution in [0.4, 0.5) is 10.1 Å². The lowest BCUT2D eigenvalue weighted by Crippen LogP contribution is -2.40. The van der Waals surface area contributed by atoms with E-state index in [0.717, 1.165) is 4.88 Å². The molecule has 5 rings (SSSR count). The molecule has 0 spiro atoms. The predicted octanol–water partition coefficient (Wildman–Crippen LogP) is 4.07. The fourth-order valence-corrected chi connectivity index (χ4v) is 5.56. The molecule has 2 aromatic heterocycles. The molecule has 0 saturated heterocycles. The first-order valence-electron chi connectivity index (χ1n) is 10.2. The van der Waals surface area contributed by atoms with Gasteiger partial charge < -0.3 is 5.32 Å². The van der Waals surface area contributed by atoms with Crippen molar-refractivity contribution in [2.24, 2.45) is 4.99 Å². The summed E-state index contributed by atoms with van der Waals surface area (Å²) in [6, 6.07) is 18.1. The highest BCUT2D eigenvalue weighted by atomic mass is 32.1. The zero-order valence-corrected chi connectivity index (χ0v) is 19.1. The van der Waals surface area contributed by atoms with Crippen molar-refractivity contribution in [2.45, 2.75) is 13.0 Å². The second-order valence-electron chi connectivity index (χ2n) is 7.47. The summed E-state index contributed by atoms with van der Waals surface area (Å²) in [5, 5.41) is 4.84. The number of carbonyl (C=O) groups excluding carboxylic acids is 1. The van der Waals surface area contributed by atoms with E-state index in [2.05, 4.69) is 10.3 Å². The Hall–Kier alpha value is -3.62. The van der Waals surface area contributed by atoms with Gasteiger partial charge in [0.05, 0.1) is 21.8 Å². The molecule has 3 heterocycles. The molecule has 0 bridgehead atoms. The standard InChI is InChI=1S/C25H18FN3O2S2/c1-15-21(23(30)28-18-6-3-2-4-7-18)22(16-9-11-17(26)12-10-16)29-24(31)20(33-25(29)27-15)14-19-8-5-13-32-19/h2-14,22H,1H3,(H,28,30)/b20-14-. The highest BCUT2D eigenvalue weighted by Crippen LogP contribution is 2.30. The number of amides is 1. The molecule has 1 atom stereocenters. The molecule has 8 heteroatoms. The molecule has 4 aromatic rings. The van der Waals surface area contributed by atoms with Crippen LogP contribution in [0.5, 0.6) is 0 Å². The number of nitrogens with one attached hydrogen (secondary N) is 1. The molecule has 1 aliphatic heterocycles. The van der Waals surface area contributed by atoms with E-state index >= 15 is 0 Å². The molecule has 1 aliphatic rings. The van der Waals surface area contributed by atoms with Crippen molar-refractivity contribution in [3.8, 4) is 0 Å². The first kappa shape index (κ1) is 21.2. The van der Waals surface area contributed by atoms with Crippen molar-refractivity contribution in [1.82, 2.24) is 4.57 Å². The molecule has 5 nitrogen and oxygen atoms in total. The van der Waals surface area contributed by atoms with Crippen molar-refractivity contribution in [3.63, 3.8) is 0 Å². The van der Waals surface area contributed by atoms with Crippen LogP contribution >= 0.6 is 22.7 Å².